The fraction of sp³-hybridized carbons (Fsp3) is 0.583. The molecule has 0 aromatic carbocycles. The van der Waals surface area contributed by atoms with Gasteiger partial charge in [0.15, 0.2) is 5.82 Å². The molecule has 2 amide bonds. The van der Waals surface area contributed by atoms with Crippen LogP contribution in [0.15, 0.2) is 12.4 Å². The Morgan fingerprint density at radius 3 is 2.33 bits per heavy atom. The predicted molar refractivity (Wildman–Crippen MR) is 71.8 cm³/mol. The SMILES string of the molecule is Cc1cncc(N(CCN(C)C)C(=O)N(C)C)n1. The molecule has 0 unspecified atom stereocenters. The van der Waals surface area contributed by atoms with Crippen molar-refractivity contribution in [2.45, 2.75) is 6.92 Å². The summed E-state index contributed by atoms with van der Waals surface area (Å²) in [5, 5.41) is 0. The first-order valence-corrected chi connectivity index (χ1v) is 5.84. The Morgan fingerprint density at radius 2 is 1.83 bits per heavy atom. The standard InChI is InChI=1S/C12H21N5O/c1-10-8-13-9-11(14-10)17(7-6-15(2)3)12(18)16(4)5/h8-9H,6-7H2,1-5H3. The Labute approximate surface area is 108 Å². The lowest BCUT2D eigenvalue weighted by Crippen LogP contribution is -2.43. The third-order valence-corrected chi connectivity index (χ3v) is 2.40. The van der Waals surface area contributed by atoms with Crippen molar-refractivity contribution >= 4 is 11.8 Å². The van der Waals surface area contributed by atoms with E-state index < -0.39 is 0 Å². The minimum atomic E-state index is -0.0863. The molecule has 0 aliphatic heterocycles. The Hall–Kier alpha value is -1.69. The van der Waals surface area contributed by atoms with Gasteiger partial charge in [-0.3, -0.25) is 9.88 Å². The van der Waals surface area contributed by atoms with E-state index in [4.69, 9.17) is 0 Å². The van der Waals surface area contributed by atoms with E-state index in [0.29, 0.717) is 12.4 Å². The second-order valence-corrected chi connectivity index (χ2v) is 4.65. The maximum absolute atomic E-state index is 12.1. The second kappa shape index (κ2) is 6.30. The number of amides is 2. The zero-order valence-electron chi connectivity index (χ0n) is 11.7. The monoisotopic (exact) mass is 251 g/mol. The maximum Gasteiger partial charge on any atom is 0.325 e. The minimum Gasteiger partial charge on any atom is -0.330 e. The zero-order valence-corrected chi connectivity index (χ0v) is 11.7. The third kappa shape index (κ3) is 3.96. The van der Waals surface area contributed by atoms with E-state index in [9.17, 15) is 4.79 Å². The molecular formula is C12H21N5O. The number of carbonyl (C=O) groups excluding carboxylic acids is 1. The molecule has 18 heavy (non-hydrogen) atoms. The van der Waals surface area contributed by atoms with Crippen molar-refractivity contribution in [2.24, 2.45) is 0 Å². The average molecular weight is 251 g/mol. The van der Waals surface area contributed by atoms with Crippen molar-refractivity contribution in [2.75, 3.05) is 46.2 Å². The maximum atomic E-state index is 12.1. The lowest BCUT2D eigenvalue weighted by Gasteiger charge is -2.26. The number of rotatable bonds is 4. The smallest absolute Gasteiger partial charge is 0.325 e. The number of urea groups is 1. The van der Waals surface area contributed by atoms with Gasteiger partial charge in [0.25, 0.3) is 0 Å². The molecule has 0 aliphatic carbocycles. The summed E-state index contributed by atoms with van der Waals surface area (Å²) in [6.45, 7) is 3.22. The van der Waals surface area contributed by atoms with Crippen molar-refractivity contribution in [3.8, 4) is 0 Å². The molecule has 1 heterocycles. The first-order valence-electron chi connectivity index (χ1n) is 5.84. The molecule has 1 rings (SSSR count). The normalized spacial score (nSPS) is 10.6. The van der Waals surface area contributed by atoms with Crippen molar-refractivity contribution in [3.63, 3.8) is 0 Å². The summed E-state index contributed by atoms with van der Waals surface area (Å²) >= 11 is 0. The first-order chi connectivity index (χ1) is 8.41. The van der Waals surface area contributed by atoms with Gasteiger partial charge in [-0.25, -0.2) is 9.78 Å². The average Bonchev–Trinajstić information content (AvgIpc) is 2.28. The molecular weight excluding hydrogens is 230 g/mol. The Morgan fingerprint density at radius 1 is 1.17 bits per heavy atom. The van der Waals surface area contributed by atoms with Crippen molar-refractivity contribution < 1.29 is 4.79 Å². The fourth-order valence-electron chi connectivity index (χ4n) is 1.43. The van der Waals surface area contributed by atoms with Crippen LogP contribution in [0.3, 0.4) is 0 Å². The predicted octanol–water partition coefficient (Wildman–Crippen LogP) is 0.835. The Balaban J connectivity index is 2.93. The van der Waals surface area contributed by atoms with E-state index in [0.717, 1.165) is 12.2 Å². The molecule has 1 aromatic rings. The number of anilines is 1. The topological polar surface area (TPSA) is 52.6 Å². The van der Waals surface area contributed by atoms with Gasteiger partial charge in [0.2, 0.25) is 0 Å². The van der Waals surface area contributed by atoms with Gasteiger partial charge in [-0.15, -0.1) is 0 Å². The van der Waals surface area contributed by atoms with Gasteiger partial charge >= 0.3 is 6.03 Å². The molecule has 0 spiro atoms. The first kappa shape index (κ1) is 14.4. The van der Waals surface area contributed by atoms with Crippen LogP contribution in [0.1, 0.15) is 5.69 Å². The van der Waals surface area contributed by atoms with Gasteiger partial charge in [0.05, 0.1) is 11.9 Å². The van der Waals surface area contributed by atoms with Crippen LogP contribution in [0.4, 0.5) is 10.6 Å². The number of aromatic nitrogens is 2. The van der Waals surface area contributed by atoms with E-state index in [-0.39, 0.29) is 6.03 Å². The highest BCUT2D eigenvalue weighted by molar-refractivity contribution is 5.90. The molecule has 0 N–H and O–H groups in total. The number of aryl methyl sites for hydroxylation is 1. The van der Waals surface area contributed by atoms with E-state index in [2.05, 4.69) is 9.97 Å². The van der Waals surface area contributed by atoms with Gasteiger partial charge < -0.3 is 9.80 Å². The van der Waals surface area contributed by atoms with Crippen LogP contribution in [-0.4, -0.2) is 67.1 Å². The van der Waals surface area contributed by atoms with E-state index in [1.54, 1.807) is 36.3 Å². The van der Waals surface area contributed by atoms with Gasteiger partial charge in [-0.1, -0.05) is 0 Å². The zero-order chi connectivity index (χ0) is 13.7. The summed E-state index contributed by atoms with van der Waals surface area (Å²) in [6.07, 6.45) is 3.29. The number of hydrogen-bond acceptors (Lipinski definition) is 4. The third-order valence-electron chi connectivity index (χ3n) is 2.40. The molecule has 100 valence electrons. The highest BCUT2D eigenvalue weighted by Crippen LogP contribution is 2.11. The fourth-order valence-corrected chi connectivity index (χ4v) is 1.43. The largest absolute Gasteiger partial charge is 0.330 e. The molecule has 0 atom stereocenters. The van der Waals surface area contributed by atoms with Gasteiger partial charge in [0.1, 0.15) is 0 Å². The number of nitrogens with zero attached hydrogens (tertiary/aromatic N) is 5. The van der Waals surface area contributed by atoms with Crippen molar-refractivity contribution in [1.29, 1.82) is 0 Å². The number of carbonyl (C=O) groups is 1. The molecule has 1 aromatic heterocycles. The van der Waals surface area contributed by atoms with Crippen LogP contribution in [0, 0.1) is 6.92 Å². The molecule has 0 bridgehead atoms. The van der Waals surface area contributed by atoms with Crippen LogP contribution in [-0.2, 0) is 0 Å². The molecule has 0 fully saturated rings. The molecule has 0 saturated carbocycles. The van der Waals surface area contributed by atoms with Crippen LogP contribution >= 0.6 is 0 Å². The van der Waals surface area contributed by atoms with Gasteiger partial charge in [-0.2, -0.15) is 0 Å². The van der Waals surface area contributed by atoms with Crippen LogP contribution < -0.4 is 4.90 Å². The van der Waals surface area contributed by atoms with Crippen LogP contribution in [0.5, 0.6) is 0 Å². The van der Waals surface area contributed by atoms with Crippen LogP contribution in [0.2, 0.25) is 0 Å². The van der Waals surface area contributed by atoms with Gasteiger partial charge in [0, 0.05) is 33.4 Å². The summed E-state index contributed by atoms with van der Waals surface area (Å²) in [4.78, 5) is 25.8. The van der Waals surface area contributed by atoms with E-state index >= 15 is 0 Å². The van der Waals surface area contributed by atoms with E-state index in [1.807, 2.05) is 25.9 Å². The lowest BCUT2D eigenvalue weighted by atomic mass is 10.4. The summed E-state index contributed by atoms with van der Waals surface area (Å²) in [6, 6.07) is -0.0863. The number of hydrogen-bond donors (Lipinski definition) is 0. The highest BCUT2D eigenvalue weighted by atomic mass is 16.2. The molecule has 6 heteroatoms. The Kier molecular flexibility index (Phi) is 5.03. The lowest BCUT2D eigenvalue weighted by molar-refractivity contribution is 0.222. The second-order valence-electron chi connectivity index (χ2n) is 4.65. The summed E-state index contributed by atoms with van der Waals surface area (Å²) in [7, 11) is 7.41. The van der Waals surface area contributed by atoms with Crippen molar-refractivity contribution in [3.05, 3.63) is 18.1 Å². The minimum absolute atomic E-state index is 0.0863. The quantitative estimate of drug-likeness (QED) is 0.795. The van der Waals surface area contributed by atoms with Gasteiger partial charge in [-0.05, 0) is 21.0 Å². The summed E-state index contributed by atoms with van der Waals surface area (Å²) in [5.74, 6) is 0.593. The number of likely N-dealkylation sites (N-methyl/N-ethyl adjacent to an activating group) is 1. The highest BCUT2D eigenvalue weighted by Gasteiger charge is 2.19. The molecule has 0 radical (unpaired) electrons. The Bertz CT molecular complexity index is 405. The van der Waals surface area contributed by atoms with E-state index in [1.165, 1.54) is 0 Å². The molecule has 0 saturated heterocycles. The van der Waals surface area contributed by atoms with Crippen molar-refractivity contribution in [1.82, 2.24) is 19.8 Å². The molecule has 6 nitrogen and oxygen atoms in total. The summed E-state index contributed by atoms with van der Waals surface area (Å²) < 4.78 is 0. The molecule has 0 aliphatic rings. The van der Waals surface area contributed by atoms with Crippen LogP contribution in [0.25, 0.3) is 0 Å². The summed E-state index contributed by atoms with van der Waals surface area (Å²) in [5.41, 5.74) is 0.800.